The summed E-state index contributed by atoms with van der Waals surface area (Å²) in [6.07, 6.45) is 6.05. The second-order valence-corrected chi connectivity index (χ2v) is 8.34. The maximum atomic E-state index is 12.8. The fourth-order valence-corrected chi connectivity index (χ4v) is 4.96. The summed E-state index contributed by atoms with van der Waals surface area (Å²) >= 11 is 1.40. The summed E-state index contributed by atoms with van der Waals surface area (Å²) in [5.74, 6) is -0.0216. The van der Waals surface area contributed by atoms with Gasteiger partial charge in [-0.05, 0) is 31.9 Å². The third-order valence-electron chi connectivity index (χ3n) is 5.63. The number of ether oxygens (including phenoxy) is 1. The minimum atomic E-state index is -0.306. The number of aryl methyl sites for hydroxylation is 1. The SMILES string of the molecule is Cc1ncsc1C(=O)N[C@@H]1CCCC[C@@]12CN(Cc1ccccn1)CCO2. The maximum absolute atomic E-state index is 12.8. The van der Waals surface area contributed by atoms with Gasteiger partial charge in [0.25, 0.3) is 5.91 Å². The van der Waals surface area contributed by atoms with Crippen LogP contribution in [0, 0.1) is 6.92 Å². The first-order chi connectivity index (χ1) is 13.2. The molecule has 6 nitrogen and oxygen atoms in total. The number of hydrogen-bond acceptors (Lipinski definition) is 6. The van der Waals surface area contributed by atoms with E-state index in [1.54, 1.807) is 5.51 Å². The van der Waals surface area contributed by atoms with Crippen molar-refractivity contribution in [2.45, 2.75) is 50.8 Å². The normalized spacial score (nSPS) is 26.2. The average molecular weight is 387 g/mol. The van der Waals surface area contributed by atoms with Crippen molar-refractivity contribution in [3.63, 3.8) is 0 Å². The summed E-state index contributed by atoms with van der Waals surface area (Å²) in [6.45, 7) is 5.12. The Hall–Kier alpha value is -1.83. The Morgan fingerprint density at radius 3 is 3.11 bits per heavy atom. The minimum Gasteiger partial charge on any atom is -0.370 e. The fourth-order valence-electron chi connectivity index (χ4n) is 4.26. The first-order valence-electron chi connectivity index (χ1n) is 9.63. The standard InChI is InChI=1S/C20H26N4O2S/c1-15-18(27-14-22-15)19(25)23-17-7-2-4-8-20(17)13-24(10-11-26-20)12-16-6-3-5-9-21-16/h3,5-6,9,14,17H,2,4,7-8,10-13H2,1H3,(H,23,25)/t17-,20-/m1/s1. The number of carbonyl (C=O) groups is 1. The first-order valence-corrected chi connectivity index (χ1v) is 10.5. The minimum absolute atomic E-state index is 0.0216. The van der Waals surface area contributed by atoms with Crippen molar-refractivity contribution in [2.24, 2.45) is 0 Å². The second-order valence-electron chi connectivity index (χ2n) is 7.48. The lowest BCUT2D eigenvalue weighted by molar-refractivity contribution is -0.143. The molecule has 1 spiro atoms. The highest BCUT2D eigenvalue weighted by Gasteiger charge is 2.46. The maximum Gasteiger partial charge on any atom is 0.263 e. The smallest absolute Gasteiger partial charge is 0.263 e. The number of thiazole rings is 1. The fraction of sp³-hybridized carbons (Fsp3) is 0.550. The zero-order chi connectivity index (χ0) is 18.7. The molecule has 2 aliphatic rings. The molecule has 1 amide bonds. The molecule has 2 aromatic heterocycles. The van der Waals surface area contributed by atoms with Gasteiger partial charge in [0.2, 0.25) is 0 Å². The molecule has 2 aromatic rings. The Kier molecular flexibility index (Phi) is 5.52. The lowest BCUT2D eigenvalue weighted by atomic mass is 9.78. The molecule has 0 aromatic carbocycles. The number of nitrogens with one attached hydrogen (secondary N) is 1. The van der Waals surface area contributed by atoms with Crippen LogP contribution in [0.15, 0.2) is 29.9 Å². The Balaban J connectivity index is 1.48. The van der Waals surface area contributed by atoms with Crippen LogP contribution in [0.1, 0.15) is 46.7 Å². The number of rotatable bonds is 4. The first kappa shape index (κ1) is 18.5. The predicted octanol–water partition coefficient (Wildman–Crippen LogP) is 2.79. The van der Waals surface area contributed by atoms with Crippen molar-refractivity contribution in [3.05, 3.63) is 46.2 Å². The van der Waals surface area contributed by atoms with E-state index in [4.69, 9.17) is 4.74 Å². The topological polar surface area (TPSA) is 67.4 Å². The second kappa shape index (κ2) is 8.04. The van der Waals surface area contributed by atoms with Crippen LogP contribution in [0.3, 0.4) is 0 Å². The molecule has 1 saturated heterocycles. The lowest BCUT2D eigenvalue weighted by Gasteiger charge is -2.49. The highest BCUT2D eigenvalue weighted by Crippen LogP contribution is 2.35. The van der Waals surface area contributed by atoms with Crippen molar-refractivity contribution in [1.82, 2.24) is 20.2 Å². The number of morpholine rings is 1. The molecule has 0 radical (unpaired) electrons. The number of amides is 1. The molecule has 7 heteroatoms. The molecule has 1 N–H and O–H groups in total. The van der Waals surface area contributed by atoms with Crippen molar-refractivity contribution >= 4 is 17.2 Å². The van der Waals surface area contributed by atoms with Crippen LogP contribution in [0.5, 0.6) is 0 Å². The van der Waals surface area contributed by atoms with Gasteiger partial charge in [0.15, 0.2) is 0 Å². The number of carbonyl (C=O) groups excluding carboxylic acids is 1. The molecule has 1 aliphatic carbocycles. The molecular formula is C20H26N4O2S. The molecule has 3 heterocycles. The van der Waals surface area contributed by atoms with Gasteiger partial charge in [0, 0.05) is 25.8 Å². The molecule has 27 heavy (non-hydrogen) atoms. The number of aromatic nitrogens is 2. The molecule has 1 aliphatic heterocycles. The molecule has 2 atom stereocenters. The van der Waals surface area contributed by atoms with Gasteiger partial charge in [0.1, 0.15) is 10.5 Å². The van der Waals surface area contributed by atoms with Gasteiger partial charge in [-0.15, -0.1) is 11.3 Å². The van der Waals surface area contributed by atoms with Crippen LogP contribution in [-0.2, 0) is 11.3 Å². The number of pyridine rings is 1. The van der Waals surface area contributed by atoms with Crippen LogP contribution in [0.2, 0.25) is 0 Å². The molecule has 2 fully saturated rings. The Bertz CT molecular complexity index is 777. The lowest BCUT2D eigenvalue weighted by Crippen LogP contribution is -2.63. The molecular weight excluding hydrogens is 360 g/mol. The summed E-state index contributed by atoms with van der Waals surface area (Å²) in [5.41, 5.74) is 3.29. The van der Waals surface area contributed by atoms with Gasteiger partial charge in [-0.25, -0.2) is 4.98 Å². The molecule has 0 bridgehead atoms. The molecule has 4 rings (SSSR count). The van der Waals surface area contributed by atoms with Crippen molar-refractivity contribution < 1.29 is 9.53 Å². The van der Waals surface area contributed by atoms with E-state index >= 15 is 0 Å². The van der Waals surface area contributed by atoms with Gasteiger partial charge in [0.05, 0.1) is 29.5 Å². The van der Waals surface area contributed by atoms with Crippen molar-refractivity contribution in [3.8, 4) is 0 Å². The van der Waals surface area contributed by atoms with Gasteiger partial charge in [-0.2, -0.15) is 0 Å². The average Bonchev–Trinajstić information content (AvgIpc) is 3.11. The van der Waals surface area contributed by atoms with Crippen LogP contribution in [-0.4, -0.2) is 52.1 Å². The zero-order valence-electron chi connectivity index (χ0n) is 15.7. The van der Waals surface area contributed by atoms with E-state index in [-0.39, 0.29) is 17.6 Å². The van der Waals surface area contributed by atoms with Crippen LogP contribution in [0.25, 0.3) is 0 Å². The van der Waals surface area contributed by atoms with E-state index in [9.17, 15) is 4.79 Å². The van der Waals surface area contributed by atoms with E-state index in [2.05, 4.69) is 26.3 Å². The largest absolute Gasteiger partial charge is 0.370 e. The zero-order valence-corrected chi connectivity index (χ0v) is 16.5. The monoisotopic (exact) mass is 386 g/mol. The highest BCUT2D eigenvalue weighted by molar-refractivity contribution is 7.11. The number of hydrogen-bond donors (Lipinski definition) is 1. The van der Waals surface area contributed by atoms with E-state index < -0.39 is 0 Å². The quantitative estimate of drug-likeness (QED) is 0.875. The van der Waals surface area contributed by atoms with E-state index in [0.29, 0.717) is 11.5 Å². The number of nitrogens with zero attached hydrogens (tertiary/aromatic N) is 3. The summed E-state index contributed by atoms with van der Waals surface area (Å²) in [4.78, 5) is 24.6. The molecule has 1 saturated carbocycles. The van der Waals surface area contributed by atoms with Gasteiger partial charge in [-0.1, -0.05) is 18.9 Å². The summed E-state index contributed by atoms with van der Waals surface area (Å²) in [6, 6.07) is 6.07. The van der Waals surface area contributed by atoms with E-state index in [1.165, 1.54) is 11.3 Å². The van der Waals surface area contributed by atoms with E-state index in [0.717, 1.165) is 56.7 Å². The van der Waals surface area contributed by atoms with Gasteiger partial charge in [-0.3, -0.25) is 14.7 Å². The van der Waals surface area contributed by atoms with Crippen LogP contribution < -0.4 is 5.32 Å². The van der Waals surface area contributed by atoms with Gasteiger partial charge >= 0.3 is 0 Å². The van der Waals surface area contributed by atoms with Gasteiger partial charge < -0.3 is 10.1 Å². The summed E-state index contributed by atoms with van der Waals surface area (Å²) < 4.78 is 6.35. The predicted molar refractivity (Wildman–Crippen MR) is 105 cm³/mol. The third kappa shape index (κ3) is 4.05. The third-order valence-corrected chi connectivity index (χ3v) is 6.56. The highest BCUT2D eigenvalue weighted by atomic mass is 32.1. The van der Waals surface area contributed by atoms with Crippen LogP contribution >= 0.6 is 11.3 Å². The molecule has 144 valence electrons. The molecule has 0 unspecified atom stereocenters. The van der Waals surface area contributed by atoms with E-state index in [1.807, 2.05) is 25.3 Å². The van der Waals surface area contributed by atoms with Crippen LogP contribution in [0.4, 0.5) is 0 Å². The Morgan fingerprint density at radius 2 is 2.33 bits per heavy atom. The Morgan fingerprint density at radius 1 is 1.41 bits per heavy atom. The van der Waals surface area contributed by atoms with Crippen molar-refractivity contribution in [1.29, 1.82) is 0 Å². The summed E-state index contributed by atoms with van der Waals surface area (Å²) in [7, 11) is 0. The Labute approximate surface area is 164 Å². The summed E-state index contributed by atoms with van der Waals surface area (Å²) in [5, 5.41) is 3.27. The van der Waals surface area contributed by atoms with Crippen molar-refractivity contribution in [2.75, 3.05) is 19.7 Å².